The van der Waals surface area contributed by atoms with E-state index in [1.807, 2.05) is 6.07 Å². The normalized spacial score (nSPS) is 22.2. The minimum atomic E-state index is 0.0284. The van der Waals surface area contributed by atoms with Crippen LogP contribution in [0, 0.1) is 6.92 Å². The molecule has 1 unspecified atom stereocenters. The molecule has 0 aliphatic carbocycles. The second kappa shape index (κ2) is 8.41. The van der Waals surface area contributed by atoms with Gasteiger partial charge >= 0.3 is 0 Å². The van der Waals surface area contributed by atoms with Gasteiger partial charge in [0.2, 0.25) is 0 Å². The van der Waals surface area contributed by atoms with Gasteiger partial charge in [0.1, 0.15) is 0 Å². The van der Waals surface area contributed by atoms with Crippen LogP contribution in [-0.2, 0) is 17.9 Å². The van der Waals surface area contributed by atoms with Crippen molar-refractivity contribution in [1.29, 1.82) is 0 Å². The summed E-state index contributed by atoms with van der Waals surface area (Å²) in [7, 11) is 2.14. The second-order valence-corrected chi connectivity index (χ2v) is 9.71. The summed E-state index contributed by atoms with van der Waals surface area (Å²) in [5.41, 5.74) is 5.98. The maximum Gasteiger partial charge on any atom is 0.255 e. The van der Waals surface area contributed by atoms with Crippen LogP contribution in [0.15, 0.2) is 64.3 Å². The lowest BCUT2D eigenvalue weighted by molar-refractivity contribution is -0.141. The molecule has 3 aliphatic rings. The van der Waals surface area contributed by atoms with Crippen LogP contribution < -0.4 is 0 Å². The third kappa shape index (κ3) is 3.81. The van der Waals surface area contributed by atoms with Gasteiger partial charge in [-0.2, -0.15) is 0 Å². The lowest BCUT2D eigenvalue weighted by Gasteiger charge is -2.47. The molecule has 5 nitrogen and oxygen atoms in total. The Morgan fingerprint density at radius 2 is 1.71 bits per heavy atom. The maximum atomic E-state index is 13.8. The molecule has 162 valence electrons. The van der Waals surface area contributed by atoms with E-state index in [-0.39, 0.29) is 12.2 Å². The van der Waals surface area contributed by atoms with Crippen molar-refractivity contribution in [2.75, 3.05) is 33.2 Å². The van der Waals surface area contributed by atoms with E-state index in [9.17, 15) is 4.79 Å². The predicted molar refractivity (Wildman–Crippen MR) is 126 cm³/mol. The van der Waals surface area contributed by atoms with Gasteiger partial charge in [-0.15, -0.1) is 0 Å². The number of rotatable bonds is 4. The van der Waals surface area contributed by atoms with Gasteiger partial charge in [0.05, 0.1) is 5.57 Å². The summed E-state index contributed by atoms with van der Waals surface area (Å²) in [6.45, 7) is 7.31. The molecule has 0 radical (unpaired) electrons. The number of hydrogen-bond donors (Lipinski definition) is 0. The van der Waals surface area contributed by atoms with E-state index in [4.69, 9.17) is 0 Å². The Balaban J connectivity index is 1.43. The smallest absolute Gasteiger partial charge is 0.255 e. The van der Waals surface area contributed by atoms with Crippen molar-refractivity contribution in [1.82, 2.24) is 19.6 Å². The molecule has 0 N–H and O–H groups in total. The van der Waals surface area contributed by atoms with Crippen LogP contribution in [0.5, 0.6) is 0 Å². The van der Waals surface area contributed by atoms with E-state index in [1.165, 1.54) is 22.4 Å². The fourth-order valence-corrected chi connectivity index (χ4v) is 5.55. The number of benzene rings is 2. The van der Waals surface area contributed by atoms with E-state index < -0.39 is 0 Å². The Morgan fingerprint density at radius 3 is 2.48 bits per heavy atom. The number of amides is 1. The summed E-state index contributed by atoms with van der Waals surface area (Å²) in [5, 5.41) is 0. The first-order valence-electron chi connectivity index (χ1n) is 11.0. The van der Waals surface area contributed by atoms with Gasteiger partial charge in [0.25, 0.3) is 5.91 Å². The molecule has 1 atom stereocenters. The van der Waals surface area contributed by atoms with Gasteiger partial charge in [0.15, 0.2) is 6.29 Å². The summed E-state index contributed by atoms with van der Waals surface area (Å²) in [4.78, 5) is 23.1. The largest absolute Gasteiger partial charge is 0.340 e. The number of hydrogen-bond acceptors (Lipinski definition) is 4. The van der Waals surface area contributed by atoms with Crippen molar-refractivity contribution in [3.63, 3.8) is 0 Å². The number of halogens is 1. The van der Waals surface area contributed by atoms with Gasteiger partial charge in [-0.1, -0.05) is 58.4 Å². The van der Waals surface area contributed by atoms with Crippen LogP contribution in [-0.4, -0.2) is 65.0 Å². The van der Waals surface area contributed by atoms with E-state index in [2.05, 4.69) is 92.0 Å². The fourth-order valence-electron chi connectivity index (χ4n) is 5.14. The van der Waals surface area contributed by atoms with E-state index in [0.29, 0.717) is 13.1 Å². The van der Waals surface area contributed by atoms with Crippen molar-refractivity contribution in [3.05, 3.63) is 81.0 Å². The molecule has 5 rings (SSSR count). The Morgan fingerprint density at radius 1 is 0.968 bits per heavy atom. The van der Waals surface area contributed by atoms with E-state index >= 15 is 0 Å². The molecule has 31 heavy (non-hydrogen) atoms. The topological polar surface area (TPSA) is 30.0 Å². The zero-order valence-corrected chi connectivity index (χ0v) is 19.8. The molecule has 2 aromatic carbocycles. The Labute approximate surface area is 193 Å². The number of fused-ring (bicyclic) bond motifs is 2. The van der Waals surface area contributed by atoms with Gasteiger partial charge in [-0.05, 0) is 36.7 Å². The molecule has 1 saturated heterocycles. The van der Waals surface area contributed by atoms with Crippen LogP contribution in [0.1, 0.15) is 23.1 Å². The summed E-state index contributed by atoms with van der Waals surface area (Å²) >= 11 is 3.67. The third-order valence-electron chi connectivity index (χ3n) is 6.86. The molecule has 2 aromatic rings. The average Bonchev–Trinajstić information content (AvgIpc) is 3.15. The fraction of sp³-hybridized carbons (Fsp3) is 0.400. The Kier molecular flexibility index (Phi) is 5.63. The molecular weight excluding hydrogens is 452 g/mol. The van der Waals surface area contributed by atoms with Gasteiger partial charge in [-0.25, -0.2) is 0 Å². The zero-order valence-electron chi connectivity index (χ0n) is 18.2. The lowest BCUT2D eigenvalue weighted by Crippen LogP contribution is -2.59. The molecule has 6 heteroatoms. The summed E-state index contributed by atoms with van der Waals surface area (Å²) < 4.78 is 1.13. The number of carbonyl (C=O) groups excluding carboxylic acids is 1. The SMILES string of the molecule is Cc1ccccc1CN1C(=O)C2=C(CCN(Cc3ccccc3Br)C2)N2CCN(C)C12. The van der Waals surface area contributed by atoms with Crippen molar-refractivity contribution in [3.8, 4) is 0 Å². The molecular formula is C25H29BrN4O. The van der Waals surface area contributed by atoms with Gasteiger partial charge in [0, 0.05) is 55.9 Å². The average molecular weight is 481 g/mol. The third-order valence-corrected chi connectivity index (χ3v) is 7.63. The number of nitrogens with zero attached hydrogens (tertiary/aromatic N) is 4. The lowest BCUT2D eigenvalue weighted by atomic mass is 9.99. The van der Waals surface area contributed by atoms with Crippen LogP contribution in [0.2, 0.25) is 0 Å². The van der Waals surface area contributed by atoms with Crippen molar-refractivity contribution < 1.29 is 4.79 Å². The first kappa shape index (κ1) is 20.7. The van der Waals surface area contributed by atoms with Gasteiger partial charge < -0.3 is 9.80 Å². The number of aryl methyl sites for hydroxylation is 1. The molecule has 3 heterocycles. The highest BCUT2D eigenvalue weighted by atomic mass is 79.9. The first-order valence-corrected chi connectivity index (χ1v) is 11.8. The van der Waals surface area contributed by atoms with Crippen LogP contribution >= 0.6 is 15.9 Å². The van der Waals surface area contributed by atoms with Crippen LogP contribution in [0.4, 0.5) is 0 Å². The second-order valence-electron chi connectivity index (χ2n) is 8.86. The Hall–Kier alpha value is -2.15. The standard InChI is InChI=1S/C25H29BrN4O/c1-18-7-3-4-8-19(18)16-30-24(31)21-17-28(15-20-9-5-6-10-22(20)26)12-11-23(21)29-14-13-27(2)25(29)30/h3-10,25H,11-17H2,1-2H3. The molecule has 0 saturated carbocycles. The van der Waals surface area contributed by atoms with Gasteiger partial charge in [-0.3, -0.25) is 14.6 Å². The molecule has 3 aliphatic heterocycles. The molecule has 1 amide bonds. The van der Waals surface area contributed by atoms with Crippen molar-refractivity contribution in [2.24, 2.45) is 0 Å². The predicted octanol–water partition coefficient (Wildman–Crippen LogP) is 3.79. The first-order chi connectivity index (χ1) is 15.0. The number of carbonyl (C=O) groups is 1. The maximum absolute atomic E-state index is 13.8. The quantitative estimate of drug-likeness (QED) is 0.665. The Bertz CT molecular complexity index is 1040. The van der Waals surface area contributed by atoms with Crippen molar-refractivity contribution in [2.45, 2.75) is 32.7 Å². The minimum absolute atomic E-state index is 0.0284. The van der Waals surface area contributed by atoms with E-state index in [0.717, 1.165) is 42.6 Å². The molecule has 0 bridgehead atoms. The highest BCUT2D eigenvalue weighted by Gasteiger charge is 2.45. The highest BCUT2D eigenvalue weighted by molar-refractivity contribution is 9.10. The number of likely N-dealkylation sites (N-methyl/N-ethyl adjacent to an activating group) is 1. The summed E-state index contributed by atoms with van der Waals surface area (Å²) in [6, 6.07) is 16.8. The molecule has 1 fully saturated rings. The minimum Gasteiger partial charge on any atom is -0.340 e. The monoisotopic (exact) mass is 480 g/mol. The molecule has 0 spiro atoms. The summed E-state index contributed by atoms with van der Waals surface area (Å²) in [5.74, 6) is 0.199. The van der Waals surface area contributed by atoms with Crippen LogP contribution in [0.25, 0.3) is 0 Å². The zero-order chi connectivity index (χ0) is 21.5. The van der Waals surface area contributed by atoms with Crippen LogP contribution in [0.3, 0.4) is 0 Å². The van der Waals surface area contributed by atoms with Crippen molar-refractivity contribution >= 4 is 21.8 Å². The molecule has 0 aromatic heterocycles. The summed E-state index contributed by atoms with van der Waals surface area (Å²) in [6.07, 6.45) is 0.967. The van der Waals surface area contributed by atoms with E-state index in [1.54, 1.807) is 0 Å². The highest BCUT2D eigenvalue weighted by Crippen LogP contribution is 2.36.